The number of carbonyl (C=O) groups excluding carboxylic acids is 1. The van der Waals surface area contributed by atoms with Crippen LogP contribution in [0.1, 0.15) is 11.1 Å². The predicted molar refractivity (Wildman–Crippen MR) is 50.0 cm³/mol. The minimum absolute atomic E-state index is 0.133. The summed E-state index contributed by atoms with van der Waals surface area (Å²) in [6, 6.07) is 7.83. The lowest BCUT2D eigenvalue weighted by Crippen LogP contribution is -2.23. The molecule has 1 aromatic rings. The molecule has 0 saturated carbocycles. The first-order valence-corrected chi connectivity index (χ1v) is 4.09. The van der Waals surface area contributed by atoms with Crippen molar-refractivity contribution in [2.24, 2.45) is 0 Å². The van der Waals surface area contributed by atoms with Gasteiger partial charge in [0.05, 0.1) is 13.5 Å². The molecule has 0 saturated heterocycles. The number of amides is 1. The summed E-state index contributed by atoms with van der Waals surface area (Å²) in [7, 11) is 1.42. The molecule has 1 aromatic carbocycles. The maximum atomic E-state index is 11.1. The van der Waals surface area contributed by atoms with Crippen LogP contribution < -0.4 is 5.48 Å². The third-order valence-electron chi connectivity index (χ3n) is 1.70. The number of hydrogen-bond donors (Lipinski definition) is 1. The Balaban J connectivity index is 2.54. The van der Waals surface area contributed by atoms with Crippen LogP contribution in [0, 0.1) is 6.92 Å². The highest BCUT2D eigenvalue weighted by molar-refractivity contribution is 5.77. The van der Waals surface area contributed by atoms with Crippen LogP contribution in [0.4, 0.5) is 0 Å². The van der Waals surface area contributed by atoms with E-state index in [1.54, 1.807) is 0 Å². The van der Waals surface area contributed by atoms with E-state index in [4.69, 9.17) is 0 Å². The molecule has 13 heavy (non-hydrogen) atoms. The molecule has 1 amide bonds. The molecule has 0 bridgehead atoms. The van der Waals surface area contributed by atoms with E-state index in [0.717, 1.165) is 5.56 Å². The van der Waals surface area contributed by atoms with Crippen LogP contribution in [-0.2, 0) is 16.1 Å². The lowest BCUT2D eigenvalue weighted by molar-refractivity contribution is -0.130. The lowest BCUT2D eigenvalue weighted by atomic mass is 10.1. The van der Waals surface area contributed by atoms with Gasteiger partial charge in [0.2, 0.25) is 5.91 Å². The summed E-state index contributed by atoms with van der Waals surface area (Å²) >= 11 is 0. The SMILES string of the molecule is CONC(=O)Cc1ccc(C)cc1. The Morgan fingerprint density at radius 1 is 1.38 bits per heavy atom. The number of rotatable bonds is 3. The van der Waals surface area contributed by atoms with Crippen LogP contribution in [0.15, 0.2) is 24.3 Å². The molecule has 0 aliphatic rings. The van der Waals surface area contributed by atoms with Crippen molar-refractivity contribution in [1.29, 1.82) is 0 Å². The molecule has 0 aliphatic heterocycles. The number of nitrogens with one attached hydrogen (secondary N) is 1. The maximum absolute atomic E-state index is 11.1. The molecular formula is C10H13NO2. The fourth-order valence-corrected chi connectivity index (χ4v) is 1.04. The highest BCUT2D eigenvalue weighted by Gasteiger charge is 2.01. The van der Waals surface area contributed by atoms with Crippen LogP contribution >= 0.6 is 0 Å². The average Bonchev–Trinajstić information content (AvgIpc) is 2.09. The van der Waals surface area contributed by atoms with E-state index in [1.807, 2.05) is 31.2 Å². The Morgan fingerprint density at radius 3 is 2.54 bits per heavy atom. The smallest absolute Gasteiger partial charge is 0.247 e. The fraction of sp³-hybridized carbons (Fsp3) is 0.300. The molecule has 0 fully saturated rings. The second-order valence-corrected chi connectivity index (χ2v) is 2.89. The Labute approximate surface area is 77.7 Å². The topological polar surface area (TPSA) is 38.3 Å². The van der Waals surface area contributed by atoms with Crippen LogP contribution in [0.5, 0.6) is 0 Å². The van der Waals surface area contributed by atoms with Gasteiger partial charge in [0, 0.05) is 0 Å². The zero-order valence-electron chi connectivity index (χ0n) is 7.83. The Hall–Kier alpha value is -1.35. The average molecular weight is 179 g/mol. The normalized spacial score (nSPS) is 9.69. The molecule has 0 heterocycles. The van der Waals surface area contributed by atoms with E-state index in [9.17, 15) is 4.79 Å². The molecule has 0 unspecified atom stereocenters. The van der Waals surface area contributed by atoms with Gasteiger partial charge in [-0.1, -0.05) is 29.8 Å². The number of benzene rings is 1. The number of hydroxylamine groups is 1. The van der Waals surface area contributed by atoms with Gasteiger partial charge in [0.1, 0.15) is 0 Å². The molecule has 0 spiro atoms. The highest BCUT2D eigenvalue weighted by Crippen LogP contribution is 2.03. The summed E-state index contributed by atoms with van der Waals surface area (Å²) in [5.74, 6) is -0.133. The van der Waals surface area contributed by atoms with E-state index < -0.39 is 0 Å². The monoisotopic (exact) mass is 179 g/mol. The third-order valence-corrected chi connectivity index (χ3v) is 1.70. The minimum atomic E-state index is -0.133. The van der Waals surface area contributed by atoms with Crippen molar-refractivity contribution < 1.29 is 9.63 Å². The van der Waals surface area contributed by atoms with E-state index in [0.29, 0.717) is 6.42 Å². The van der Waals surface area contributed by atoms with Crippen molar-refractivity contribution in [3.63, 3.8) is 0 Å². The second kappa shape index (κ2) is 4.62. The van der Waals surface area contributed by atoms with E-state index in [2.05, 4.69) is 10.3 Å². The highest BCUT2D eigenvalue weighted by atomic mass is 16.6. The molecule has 1 rings (SSSR count). The van der Waals surface area contributed by atoms with E-state index in [-0.39, 0.29) is 5.91 Å². The number of aryl methyl sites for hydroxylation is 1. The molecule has 0 aliphatic carbocycles. The van der Waals surface area contributed by atoms with Gasteiger partial charge >= 0.3 is 0 Å². The van der Waals surface area contributed by atoms with Gasteiger partial charge in [-0.15, -0.1) is 0 Å². The Morgan fingerprint density at radius 2 is 2.00 bits per heavy atom. The van der Waals surface area contributed by atoms with Crippen molar-refractivity contribution in [2.75, 3.05) is 7.11 Å². The summed E-state index contributed by atoms with van der Waals surface area (Å²) in [6.45, 7) is 2.01. The van der Waals surface area contributed by atoms with Gasteiger partial charge in [-0.25, -0.2) is 5.48 Å². The molecular weight excluding hydrogens is 166 g/mol. The zero-order chi connectivity index (χ0) is 9.68. The summed E-state index contributed by atoms with van der Waals surface area (Å²) in [5.41, 5.74) is 4.45. The summed E-state index contributed by atoms with van der Waals surface area (Å²) < 4.78 is 0. The number of hydrogen-bond acceptors (Lipinski definition) is 2. The van der Waals surface area contributed by atoms with Crippen LogP contribution in [0.2, 0.25) is 0 Å². The first-order valence-electron chi connectivity index (χ1n) is 4.09. The van der Waals surface area contributed by atoms with Crippen molar-refractivity contribution in [1.82, 2.24) is 5.48 Å². The van der Waals surface area contributed by atoms with Gasteiger partial charge < -0.3 is 0 Å². The van der Waals surface area contributed by atoms with E-state index >= 15 is 0 Å². The largest absolute Gasteiger partial charge is 0.277 e. The fourth-order valence-electron chi connectivity index (χ4n) is 1.04. The molecule has 3 heteroatoms. The third kappa shape index (κ3) is 3.25. The minimum Gasteiger partial charge on any atom is -0.277 e. The molecule has 0 aromatic heterocycles. The zero-order valence-corrected chi connectivity index (χ0v) is 7.83. The van der Waals surface area contributed by atoms with Crippen LogP contribution in [-0.4, -0.2) is 13.0 Å². The summed E-state index contributed by atoms with van der Waals surface area (Å²) in [5, 5.41) is 0. The van der Waals surface area contributed by atoms with Gasteiger partial charge in [-0.2, -0.15) is 0 Å². The second-order valence-electron chi connectivity index (χ2n) is 2.89. The van der Waals surface area contributed by atoms with Crippen molar-refractivity contribution in [2.45, 2.75) is 13.3 Å². The van der Waals surface area contributed by atoms with Gasteiger partial charge in [0.15, 0.2) is 0 Å². The van der Waals surface area contributed by atoms with Crippen LogP contribution in [0.25, 0.3) is 0 Å². The molecule has 1 N–H and O–H groups in total. The predicted octanol–water partition coefficient (Wildman–Crippen LogP) is 1.22. The molecule has 0 atom stereocenters. The van der Waals surface area contributed by atoms with Crippen LogP contribution in [0.3, 0.4) is 0 Å². The Kier molecular flexibility index (Phi) is 3.46. The number of carbonyl (C=O) groups is 1. The van der Waals surface area contributed by atoms with E-state index in [1.165, 1.54) is 12.7 Å². The Bertz CT molecular complexity index is 279. The quantitative estimate of drug-likeness (QED) is 0.708. The molecule has 0 radical (unpaired) electrons. The first kappa shape index (κ1) is 9.74. The standard InChI is InChI=1S/C10H13NO2/c1-8-3-5-9(6-4-8)7-10(12)11-13-2/h3-6H,7H2,1-2H3,(H,11,12). The van der Waals surface area contributed by atoms with Gasteiger partial charge in [-0.05, 0) is 12.5 Å². The van der Waals surface area contributed by atoms with Crippen molar-refractivity contribution in [3.05, 3.63) is 35.4 Å². The van der Waals surface area contributed by atoms with Crippen molar-refractivity contribution in [3.8, 4) is 0 Å². The lowest BCUT2D eigenvalue weighted by Gasteiger charge is -2.02. The molecule has 3 nitrogen and oxygen atoms in total. The summed E-state index contributed by atoms with van der Waals surface area (Å²) in [6.07, 6.45) is 0.355. The molecule has 70 valence electrons. The summed E-state index contributed by atoms with van der Waals surface area (Å²) in [4.78, 5) is 15.6. The maximum Gasteiger partial charge on any atom is 0.247 e. The van der Waals surface area contributed by atoms with Gasteiger partial charge in [0.25, 0.3) is 0 Å². The van der Waals surface area contributed by atoms with Gasteiger partial charge in [-0.3, -0.25) is 9.63 Å². The first-order chi connectivity index (χ1) is 6.22. The van der Waals surface area contributed by atoms with Crippen molar-refractivity contribution >= 4 is 5.91 Å².